The van der Waals surface area contributed by atoms with E-state index in [-0.39, 0.29) is 54.5 Å². The highest BCUT2D eigenvalue weighted by atomic mass is 32.1. The highest BCUT2D eigenvalue weighted by Crippen LogP contribution is 2.42. The number of carboxylic acids is 1. The second-order valence-electron chi connectivity index (χ2n) is 17.7. The third-order valence-electron chi connectivity index (χ3n) is 12.1. The van der Waals surface area contributed by atoms with Gasteiger partial charge in [-0.15, -0.1) is 22.7 Å². The first-order valence-corrected chi connectivity index (χ1v) is 26.1. The summed E-state index contributed by atoms with van der Waals surface area (Å²) in [5.74, 6) is -1.58. The van der Waals surface area contributed by atoms with Crippen molar-refractivity contribution >= 4 is 72.1 Å². The van der Waals surface area contributed by atoms with Gasteiger partial charge in [0.05, 0.1) is 49.3 Å². The molecule has 392 valence electrons. The van der Waals surface area contributed by atoms with Crippen molar-refractivity contribution in [1.29, 1.82) is 0 Å². The lowest BCUT2D eigenvalue weighted by Crippen LogP contribution is -2.12. The van der Waals surface area contributed by atoms with Crippen LogP contribution in [0.1, 0.15) is 54.8 Å². The van der Waals surface area contributed by atoms with Gasteiger partial charge in [0.1, 0.15) is 46.7 Å². The number of ketones is 3. The Bertz CT molecular complexity index is 3720. The van der Waals surface area contributed by atoms with E-state index >= 15 is 0 Å². The molecule has 0 saturated carbocycles. The Balaban J connectivity index is 0.000000173. The van der Waals surface area contributed by atoms with Crippen molar-refractivity contribution in [1.82, 2.24) is 29.1 Å². The maximum Gasteiger partial charge on any atom is 0.310 e. The topological polar surface area (TPSA) is 194 Å². The standard InChI is InChI=1S/C30H26FN3O3S.C19H17FN4OS.C10H10O3/c1-3-34-18-33-29(19(34)2)28-17-25-30(38-28)27(11-12-32-25)37-26-10-9-21(15-24(26)31)14-23(36)16-22(35)13-20-7-5-4-6-8-20;1-3-24-10-23-18(11(24)2)17-9-14-19(26-17)16(6-7-22-14)25-15-5-4-12(21)8-13(15)20;11-9(7-10(12)13)6-8-4-2-1-3-5-8/h4-12,15,17-18H,3,13-14,16H2,1-2H3;4-10H,3,21H2,1-2H3;1-5H,6-7H2,(H,12,13). The van der Waals surface area contributed by atoms with E-state index in [2.05, 4.69) is 42.9 Å². The zero-order valence-corrected chi connectivity index (χ0v) is 44.2. The van der Waals surface area contributed by atoms with E-state index in [0.29, 0.717) is 22.7 Å². The Morgan fingerprint density at radius 3 is 1.42 bits per heavy atom. The Morgan fingerprint density at radius 1 is 0.545 bits per heavy atom. The number of imidazole rings is 2. The number of anilines is 1. The number of halogens is 2. The fourth-order valence-electron chi connectivity index (χ4n) is 8.26. The van der Waals surface area contributed by atoms with Gasteiger partial charge in [0.25, 0.3) is 0 Å². The third-order valence-corrected chi connectivity index (χ3v) is 14.4. The number of rotatable bonds is 18. The van der Waals surface area contributed by atoms with Gasteiger partial charge in [-0.25, -0.2) is 18.7 Å². The van der Waals surface area contributed by atoms with Crippen LogP contribution in [0.15, 0.2) is 146 Å². The quantitative estimate of drug-likeness (QED) is 0.0611. The second kappa shape index (κ2) is 25.2. The molecule has 0 saturated heterocycles. The molecule has 0 spiro atoms. The van der Waals surface area contributed by atoms with Gasteiger partial charge in [-0.1, -0.05) is 66.7 Å². The number of fused-ring (bicyclic) bond motifs is 2. The third kappa shape index (κ3) is 14.0. The number of carbonyl (C=O) groups is 4. The van der Waals surface area contributed by atoms with Crippen LogP contribution in [-0.2, 0) is 51.5 Å². The number of nitrogens with two attached hydrogens (primary N) is 1. The number of carbonyl (C=O) groups excluding carboxylic acids is 3. The van der Waals surface area contributed by atoms with Crippen LogP contribution in [-0.4, -0.2) is 57.5 Å². The highest BCUT2D eigenvalue weighted by Gasteiger charge is 2.19. The van der Waals surface area contributed by atoms with Crippen molar-refractivity contribution in [3.05, 3.63) is 186 Å². The minimum Gasteiger partial charge on any atom is -0.481 e. The molecule has 0 atom stereocenters. The predicted molar refractivity (Wildman–Crippen MR) is 296 cm³/mol. The van der Waals surface area contributed by atoms with E-state index in [0.717, 1.165) is 77.2 Å². The summed E-state index contributed by atoms with van der Waals surface area (Å²) in [7, 11) is 0. The smallest absolute Gasteiger partial charge is 0.310 e. The van der Waals surface area contributed by atoms with Crippen LogP contribution in [0.4, 0.5) is 14.5 Å². The van der Waals surface area contributed by atoms with Crippen molar-refractivity contribution in [3.63, 3.8) is 0 Å². The summed E-state index contributed by atoms with van der Waals surface area (Å²) in [4.78, 5) is 65.8. The molecule has 6 heterocycles. The largest absolute Gasteiger partial charge is 0.481 e. The second-order valence-corrected chi connectivity index (χ2v) is 19.8. The number of nitrogens with zero attached hydrogens (tertiary/aromatic N) is 6. The number of aromatic nitrogens is 6. The molecule has 0 aliphatic heterocycles. The number of ether oxygens (including phenoxy) is 2. The average molecular weight is 1070 g/mol. The zero-order chi connectivity index (χ0) is 54.6. The maximum absolute atomic E-state index is 15.0. The van der Waals surface area contributed by atoms with Gasteiger partial charge >= 0.3 is 5.97 Å². The molecule has 10 rings (SSSR count). The lowest BCUT2D eigenvalue weighted by Gasteiger charge is -2.09. The molecule has 0 radical (unpaired) electrons. The number of aryl methyl sites for hydroxylation is 2. The summed E-state index contributed by atoms with van der Waals surface area (Å²) < 4.78 is 46.6. The molecule has 4 aromatic carbocycles. The molecule has 0 aliphatic carbocycles. The van der Waals surface area contributed by atoms with Gasteiger partial charge in [-0.3, -0.25) is 29.1 Å². The van der Waals surface area contributed by atoms with E-state index < -0.39 is 24.0 Å². The number of benzene rings is 4. The number of Topliss-reactive ketones (excluding diaryl/α,β-unsaturated/α-hetero) is 3. The van der Waals surface area contributed by atoms with Crippen LogP contribution in [0.2, 0.25) is 0 Å². The molecule has 0 aliphatic rings. The van der Waals surface area contributed by atoms with Gasteiger partial charge in [-0.2, -0.15) is 0 Å². The Morgan fingerprint density at radius 2 is 0.987 bits per heavy atom. The predicted octanol–water partition coefficient (Wildman–Crippen LogP) is 13.0. The monoisotopic (exact) mass is 1070 g/mol. The summed E-state index contributed by atoms with van der Waals surface area (Å²) in [6.45, 7) is 9.93. The molecule has 14 nitrogen and oxygen atoms in total. The molecule has 0 unspecified atom stereocenters. The van der Waals surface area contributed by atoms with Gasteiger partial charge in [0, 0.05) is 80.0 Å². The Hall–Kier alpha value is -8.74. The van der Waals surface area contributed by atoms with Crippen molar-refractivity contribution in [2.24, 2.45) is 0 Å². The molecule has 0 amide bonds. The summed E-state index contributed by atoms with van der Waals surface area (Å²) in [6, 6.07) is 34.6. The van der Waals surface area contributed by atoms with Crippen molar-refractivity contribution < 1.29 is 42.5 Å². The van der Waals surface area contributed by atoms with Gasteiger partial charge < -0.3 is 29.4 Å². The molecule has 0 bridgehead atoms. The molecular weight excluding hydrogens is 1020 g/mol. The highest BCUT2D eigenvalue weighted by molar-refractivity contribution is 7.23. The summed E-state index contributed by atoms with van der Waals surface area (Å²) in [6.07, 6.45) is 6.75. The fraction of sp³-hybridized carbons (Fsp3) is 0.186. The minimum atomic E-state index is -1.07. The molecule has 3 N–H and O–H groups in total. The maximum atomic E-state index is 15.0. The van der Waals surface area contributed by atoms with Crippen LogP contribution in [0, 0.1) is 25.5 Å². The van der Waals surface area contributed by atoms with Crippen LogP contribution in [0.25, 0.3) is 41.6 Å². The number of carboxylic acid groups (broad SMARTS) is 1. The number of pyridine rings is 2. The number of nitrogen functional groups attached to an aromatic ring is 1. The number of hydrogen-bond acceptors (Lipinski definition) is 13. The van der Waals surface area contributed by atoms with E-state index in [1.54, 1.807) is 48.8 Å². The van der Waals surface area contributed by atoms with Gasteiger partial charge in [0.2, 0.25) is 0 Å². The fourth-order valence-corrected chi connectivity index (χ4v) is 10.5. The van der Waals surface area contributed by atoms with E-state index in [1.165, 1.54) is 46.9 Å². The molecule has 0 fully saturated rings. The first-order chi connectivity index (χ1) is 37.2. The van der Waals surface area contributed by atoms with E-state index in [1.807, 2.05) is 87.2 Å². The average Bonchev–Trinajstić information content (AvgIpc) is 4.22. The van der Waals surface area contributed by atoms with E-state index in [4.69, 9.17) is 20.3 Å². The van der Waals surface area contributed by atoms with Crippen LogP contribution in [0.5, 0.6) is 23.0 Å². The number of aliphatic carboxylic acids is 1. The molecule has 77 heavy (non-hydrogen) atoms. The number of hydrogen-bond donors (Lipinski definition) is 2. The molecule has 10 aromatic rings. The van der Waals surface area contributed by atoms with Gasteiger partial charge in [-0.05, 0) is 80.8 Å². The molecular formula is C59H53F2N7O7S2. The SMILES string of the molecule is CCn1cnc(-c2cc3nccc(Oc4ccc(CC(=O)CC(=O)Cc5ccccc5)cc4F)c3s2)c1C.CCn1cnc(-c2cc3nccc(Oc4ccc(N)cc4F)c3s2)c1C.O=C(O)CC(=O)Cc1ccccc1. The summed E-state index contributed by atoms with van der Waals surface area (Å²) in [5, 5.41) is 8.34. The lowest BCUT2D eigenvalue weighted by atomic mass is 10.0. The molecule has 18 heteroatoms. The van der Waals surface area contributed by atoms with Crippen molar-refractivity contribution in [2.75, 3.05) is 5.73 Å². The van der Waals surface area contributed by atoms with Crippen LogP contribution < -0.4 is 15.2 Å². The Kier molecular flexibility index (Phi) is 17.8. The van der Waals surface area contributed by atoms with Crippen molar-refractivity contribution in [3.8, 4) is 44.1 Å². The van der Waals surface area contributed by atoms with Crippen LogP contribution >= 0.6 is 22.7 Å². The van der Waals surface area contributed by atoms with Crippen LogP contribution in [0.3, 0.4) is 0 Å². The molecule has 6 aromatic heterocycles. The zero-order valence-electron chi connectivity index (χ0n) is 42.5. The first-order valence-electron chi connectivity index (χ1n) is 24.5. The lowest BCUT2D eigenvalue weighted by molar-refractivity contribution is -0.140. The summed E-state index contributed by atoms with van der Waals surface area (Å²) >= 11 is 3.03. The summed E-state index contributed by atoms with van der Waals surface area (Å²) in [5.41, 5.74) is 13.7. The van der Waals surface area contributed by atoms with E-state index in [9.17, 15) is 28.0 Å². The van der Waals surface area contributed by atoms with Gasteiger partial charge in [0.15, 0.2) is 23.1 Å². The van der Waals surface area contributed by atoms with Crippen molar-refractivity contribution in [2.45, 2.75) is 72.9 Å². The number of thiophene rings is 2. The normalized spacial score (nSPS) is 10.9. The Labute approximate surface area is 450 Å². The minimum absolute atomic E-state index is 0.0186. The first kappa shape index (κ1) is 54.5.